The lowest BCUT2D eigenvalue weighted by Crippen LogP contribution is -2.44. The van der Waals surface area contributed by atoms with Crippen LogP contribution >= 0.6 is 0 Å². The first-order valence-electron chi connectivity index (χ1n) is 15.7. The molecule has 0 saturated carbocycles. The fourth-order valence-corrected chi connectivity index (χ4v) is 7.20. The van der Waals surface area contributed by atoms with Crippen LogP contribution in [0.4, 0.5) is 0 Å². The smallest absolute Gasteiger partial charge is 0.506 e. The summed E-state index contributed by atoms with van der Waals surface area (Å²) in [4.78, 5) is 13.3. The molecule has 0 aliphatic heterocycles. The highest BCUT2D eigenvalue weighted by molar-refractivity contribution is 6.62. The van der Waals surface area contributed by atoms with Gasteiger partial charge >= 0.3 is 9.28 Å². The van der Waals surface area contributed by atoms with Gasteiger partial charge in [-0.15, -0.1) is 0 Å². The Morgan fingerprint density at radius 2 is 0.711 bits per heavy atom. The lowest BCUT2D eigenvalue weighted by atomic mass is 10.0. The summed E-state index contributed by atoms with van der Waals surface area (Å²) in [6.07, 6.45) is 0. The fourth-order valence-electron chi connectivity index (χ4n) is 5.56. The molecule has 0 atom stereocenters. The zero-order valence-electron chi connectivity index (χ0n) is 29.9. The first kappa shape index (κ1) is 36.7. The number of benzene rings is 3. The molecule has 3 rings (SSSR count). The Morgan fingerprint density at radius 3 is 0.978 bits per heavy atom. The highest BCUT2D eigenvalue weighted by Crippen LogP contribution is 2.33. The van der Waals surface area contributed by atoms with E-state index in [9.17, 15) is 0 Å². The quantitative estimate of drug-likeness (QED) is 0.207. The molecule has 3 aromatic carbocycles. The van der Waals surface area contributed by atoms with E-state index in [2.05, 4.69) is 169 Å². The first-order valence-corrected chi connectivity index (χ1v) is 17.0. The summed E-state index contributed by atoms with van der Waals surface area (Å²) in [6.45, 7) is 4.84. The van der Waals surface area contributed by atoms with Crippen molar-refractivity contribution < 1.29 is 8.85 Å². The van der Waals surface area contributed by atoms with Gasteiger partial charge < -0.3 is 38.3 Å². The monoisotopic (exact) mass is 633 g/mol. The molecule has 0 aliphatic carbocycles. The Bertz CT molecular complexity index is 1200. The molecule has 0 N–H and O–H groups in total. The van der Waals surface area contributed by atoms with Crippen LogP contribution in [0.25, 0.3) is 0 Å². The molecule has 0 spiro atoms. The lowest BCUT2D eigenvalue weighted by molar-refractivity contribution is 0.358. The molecule has 0 aliphatic rings. The third-order valence-electron chi connectivity index (χ3n) is 6.95. The molecule has 0 saturated heterocycles. The van der Waals surface area contributed by atoms with E-state index in [0.717, 1.165) is 56.0 Å². The van der Waals surface area contributed by atoms with Gasteiger partial charge in [-0.05, 0) is 120 Å². The minimum absolute atomic E-state index is 0.776. The van der Waals surface area contributed by atoms with Gasteiger partial charge in [0.25, 0.3) is 0 Å². The summed E-state index contributed by atoms with van der Waals surface area (Å²) in [5, 5.41) is 1.08. The van der Waals surface area contributed by atoms with Gasteiger partial charge in [0.05, 0.1) is 0 Å². The molecule has 8 nitrogen and oxygen atoms in total. The number of hydrogen-bond donors (Lipinski definition) is 0. The van der Waals surface area contributed by atoms with Gasteiger partial charge in [0.1, 0.15) is 11.5 Å². The van der Waals surface area contributed by atoms with E-state index in [0.29, 0.717) is 0 Å². The van der Waals surface area contributed by atoms with E-state index in [4.69, 9.17) is 8.85 Å². The minimum atomic E-state index is -2.02. The molecular weight excluding hydrogens is 577 g/mol. The van der Waals surface area contributed by atoms with E-state index in [1.807, 2.05) is 0 Å². The predicted octanol–water partition coefficient (Wildman–Crippen LogP) is 3.91. The van der Waals surface area contributed by atoms with Crippen molar-refractivity contribution in [3.8, 4) is 11.5 Å². The minimum Gasteiger partial charge on any atom is -0.506 e. The summed E-state index contributed by atoms with van der Waals surface area (Å²) in [7, 11) is 23.4. The average Bonchev–Trinajstić information content (AvgIpc) is 2.90. The average molecular weight is 634 g/mol. The second-order valence-corrected chi connectivity index (χ2v) is 15.3. The number of rotatable bonds is 17. The van der Waals surface area contributed by atoms with Crippen LogP contribution < -0.4 is 14.0 Å². The number of nitrogens with zero attached hydrogens (tertiary/aromatic N) is 6. The maximum Gasteiger partial charge on any atom is 0.572 e. The standard InChI is InChI=1S/C36H57N6O2Si/c1-37(2)22-28-18-30(24-39(5)6)35(31(19-28)25-40(7)8)43-45(34-16-14-13-15-17-34)44-36-32(26-41(9)10)20-29(23-38(3)4)21-33(36)27-42(11)12/h13-21H,22-27H2,1-12H3. The largest absolute Gasteiger partial charge is 0.572 e. The molecule has 0 amide bonds. The van der Waals surface area contributed by atoms with Gasteiger partial charge in [-0.3, -0.25) is 0 Å². The molecule has 0 heterocycles. The molecule has 0 unspecified atom stereocenters. The van der Waals surface area contributed by atoms with E-state index in [-0.39, 0.29) is 0 Å². The van der Waals surface area contributed by atoms with Gasteiger partial charge in [0, 0.05) is 66.7 Å². The van der Waals surface area contributed by atoms with Crippen LogP contribution in [-0.2, 0) is 39.3 Å². The zero-order valence-corrected chi connectivity index (χ0v) is 30.9. The molecule has 9 heteroatoms. The van der Waals surface area contributed by atoms with E-state index in [1.54, 1.807) is 0 Å². The van der Waals surface area contributed by atoms with E-state index >= 15 is 0 Å². The van der Waals surface area contributed by atoms with Crippen molar-refractivity contribution in [1.29, 1.82) is 0 Å². The maximum atomic E-state index is 7.22. The van der Waals surface area contributed by atoms with Gasteiger partial charge in [-0.1, -0.05) is 30.3 Å². The molecule has 247 valence electrons. The van der Waals surface area contributed by atoms with Crippen LogP contribution in [0.3, 0.4) is 0 Å². The van der Waals surface area contributed by atoms with E-state index < -0.39 is 9.28 Å². The first-order chi connectivity index (χ1) is 21.2. The topological polar surface area (TPSA) is 37.9 Å². The summed E-state index contributed by atoms with van der Waals surface area (Å²) in [5.74, 6) is 1.87. The Kier molecular flexibility index (Phi) is 14.1. The van der Waals surface area contributed by atoms with E-state index in [1.165, 1.54) is 33.4 Å². The van der Waals surface area contributed by atoms with Crippen molar-refractivity contribution in [3.63, 3.8) is 0 Å². The SMILES string of the molecule is CN(C)Cc1cc(CN(C)C)c(O[Si](Oc2c(CN(C)C)cc(CN(C)C)cc2CN(C)C)c2ccccc2)c(CN(C)C)c1. The molecular formula is C36H57N6O2Si. The van der Waals surface area contributed by atoms with Crippen molar-refractivity contribution in [2.45, 2.75) is 39.3 Å². The van der Waals surface area contributed by atoms with Crippen molar-refractivity contribution >= 4 is 14.5 Å². The molecule has 0 aromatic heterocycles. The fraction of sp³-hybridized carbons (Fsp3) is 0.500. The van der Waals surface area contributed by atoms with Crippen LogP contribution in [0.2, 0.25) is 0 Å². The lowest BCUT2D eigenvalue weighted by Gasteiger charge is -2.28. The van der Waals surface area contributed by atoms with Crippen LogP contribution in [0.15, 0.2) is 54.6 Å². The summed E-state index contributed by atoms with van der Waals surface area (Å²) in [5.41, 5.74) is 7.30. The van der Waals surface area contributed by atoms with Crippen molar-refractivity contribution in [2.24, 2.45) is 0 Å². The van der Waals surface area contributed by atoms with Crippen LogP contribution in [0.5, 0.6) is 11.5 Å². The molecule has 45 heavy (non-hydrogen) atoms. The summed E-state index contributed by atoms with van der Waals surface area (Å²) in [6, 6.07) is 19.7. The Hall–Kier alpha value is -2.76. The normalized spacial score (nSPS) is 12.2. The summed E-state index contributed by atoms with van der Waals surface area (Å²) >= 11 is 0. The van der Waals surface area contributed by atoms with Crippen LogP contribution in [0, 0.1) is 0 Å². The molecule has 1 radical (unpaired) electrons. The molecule has 0 bridgehead atoms. The van der Waals surface area contributed by atoms with Gasteiger partial charge in [-0.25, -0.2) is 0 Å². The van der Waals surface area contributed by atoms with Crippen LogP contribution in [-0.4, -0.2) is 123 Å². The molecule has 3 aromatic rings. The highest BCUT2D eigenvalue weighted by atomic mass is 28.3. The van der Waals surface area contributed by atoms with Gasteiger partial charge in [0.2, 0.25) is 0 Å². The van der Waals surface area contributed by atoms with Crippen molar-refractivity contribution in [3.05, 3.63) is 88.0 Å². The Morgan fingerprint density at radius 1 is 0.422 bits per heavy atom. The second-order valence-electron chi connectivity index (χ2n) is 13.8. The maximum absolute atomic E-state index is 7.22. The highest BCUT2D eigenvalue weighted by Gasteiger charge is 2.30. The van der Waals surface area contributed by atoms with Gasteiger partial charge in [0.15, 0.2) is 0 Å². The van der Waals surface area contributed by atoms with Crippen LogP contribution in [0.1, 0.15) is 33.4 Å². The predicted molar refractivity (Wildman–Crippen MR) is 190 cm³/mol. The molecule has 0 fully saturated rings. The summed E-state index contributed by atoms with van der Waals surface area (Å²) < 4.78 is 14.4. The Balaban J connectivity index is 2.23. The third kappa shape index (κ3) is 11.8. The van der Waals surface area contributed by atoms with Gasteiger partial charge in [-0.2, -0.15) is 0 Å². The van der Waals surface area contributed by atoms with Crippen molar-refractivity contribution in [2.75, 3.05) is 84.6 Å². The second kappa shape index (κ2) is 17.2. The van der Waals surface area contributed by atoms with Crippen molar-refractivity contribution in [1.82, 2.24) is 29.4 Å². The third-order valence-corrected chi connectivity index (χ3v) is 8.53. The zero-order chi connectivity index (χ0) is 33.3. The number of hydrogen-bond acceptors (Lipinski definition) is 8. The Labute approximate surface area is 275 Å².